The van der Waals surface area contributed by atoms with Gasteiger partial charge in [0.05, 0.1) is 24.7 Å². The Morgan fingerprint density at radius 1 is 1.11 bits per heavy atom. The van der Waals surface area contributed by atoms with Gasteiger partial charge in [0, 0.05) is 12.2 Å². The normalized spacial score (nSPS) is 10.1. The highest BCUT2D eigenvalue weighted by molar-refractivity contribution is 5.97. The van der Waals surface area contributed by atoms with Crippen molar-refractivity contribution in [2.24, 2.45) is 0 Å². The lowest BCUT2D eigenvalue weighted by atomic mass is 10.1. The average Bonchev–Trinajstić information content (AvgIpc) is 2.68. The summed E-state index contributed by atoms with van der Waals surface area (Å²) in [7, 11) is 0. The van der Waals surface area contributed by atoms with Crippen molar-refractivity contribution < 1.29 is 19.1 Å². The van der Waals surface area contributed by atoms with Crippen molar-refractivity contribution in [3.63, 3.8) is 0 Å². The number of aryl methyl sites for hydroxylation is 2. The number of benzene rings is 2. The first kappa shape index (κ1) is 21.0. The molecule has 6 heteroatoms. The van der Waals surface area contributed by atoms with E-state index in [1.807, 2.05) is 39.0 Å². The zero-order chi connectivity index (χ0) is 20.5. The molecule has 0 aliphatic heterocycles. The SMILES string of the molecule is CCOc1ccc(N(CCC#N)C(=O)COC(=O)c2ccc(C)cc2C)cc1. The van der Waals surface area contributed by atoms with E-state index >= 15 is 0 Å². The van der Waals surface area contributed by atoms with Crippen molar-refractivity contribution in [2.45, 2.75) is 27.2 Å². The minimum atomic E-state index is -0.544. The summed E-state index contributed by atoms with van der Waals surface area (Å²) < 4.78 is 10.6. The molecule has 0 saturated heterocycles. The molecule has 146 valence electrons. The highest BCUT2D eigenvalue weighted by Crippen LogP contribution is 2.20. The molecule has 2 rings (SSSR count). The van der Waals surface area contributed by atoms with Crippen LogP contribution in [0.15, 0.2) is 42.5 Å². The zero-order valence-electron chi connectivity index (χ0n) is 16.4. The van der Waals surface area contributed by atoms with E-state index in [-0.39, 0.29) is 13.0 Å². The van der Waals surface area contributed by atoms with Crippen molar-refractivity contribution in [1.82, 2.24) is 0 Å². The molecule has 28 heavy (non-hydrogen) atoms. The Labute approximate surface area is 165 Å². The van der Waals surface area contributed by atoms with Crippen molar-refractivity contribution in [3.8, 4) is 11.8 Å². The van der Waals surface area contributed by atoms with E-state index < -0.39 is 18.5 Å². The highest BCUT2D eigenvalue weighted by atomic mass is 16.5. The Balaban J connectivity index is 2.08. The number of ether oxygens (including phenoxy) is 2. The topological polar surface area (TPSA) is 79.6 Å². The smallest absolute Gasteiger partial charge is 0.338 e. The average molecular weight is 380 g/mol. The fourth-order valence-electron chi connectivity index (χ4n) is 2.77. The minimum Gasteiger partial charge on any atom is -0.494 e. The second-order valence-corrected chi connectivity index (χ2v) is 6.27. The quantitative estimate of drug-likeness (QED) is 0.651. The van der Waals surface area contributed by atoms with Crippen molar-refractivity contribution in [1.29, 1.82) is 5.26 Å². The fourth-order valence-corrected chi connectivity index (χ4v) is 2.77. The van der Waals surface area contributed by atoms with Crippen LogP contribution in [0.5, 0.6) is 5.75 Å². The van der Waals surface area contributed by atoms with Crippen LogP contribution in [0.3, 0.4) is 0 Å². The van der Waals surface area contributed by atoms with E-state index in [4.69, 9.17) is 14.7 Å². The minimum absolute atomic E-state index is 0.171. The van der Waals surface area contributed by atoms with Crippen LogP contribution in [0.1, 0.15) is 34.8 Å². The van der Waals surface area contributed by atoms with Crippen LogP contribution >= 0.6 is 0 Å². The van der Waals surface area contributed by atoms with Crippen molar-refractivity contribution in [2.75, 3.05) is 24.7 Å². The molecule has 0 heterocycles. The van der Waals surface area contributed by atoms with E-state index in [0.717, 1.165) is 11.1 Å². The summed E-state index contributed by atoms with van der Waals surface area (Å²) in [5.41, 5.74) is 2.89. The van der Waals surface area contributed by atoms with Gasteiger partial charge in [-0.25, -0.2) is 4.79 Å². The van der Waals surface area contributed by atoms with Crippen LogP contribution in [0.25, 0.3) is 0 Å². The van der Waals surface area contributed by atoms with Crippen LogP contribution in [0.2, 0.25) is 0 Å². The second-order valence-electron chi connectivity index (χ2n) is 6.27. The van der Waals surface area contributed by atoms with E-state index in [9.17, 15) is 9.59 Å². The molecule has 2 aromatic rings. The molecule has 0 unspecified atom stereocenters. The van der Waals surface area contributed by atoms with Crippen LogP contribution < -0.4 is 9.64 Å². The van der Waals surface area contributed by atoms with Gasteiger partial charge >= 0.3 is 5.97 Å². The summed E-state index contributed by atoms with van der Waals surface area (Å²) in [6.07, 6.45) is 0.171. The molecule has 0 fully saturated rings. The summed E-state index contributed by atoms with van der Waals surface area (Å²) in [5, 5.41) is 8.88. The number of esters is 1. The van der Waals surface area contributed by atoms with Gasteiger partial charge in [0.1, 0.15) is 5.75 Å². The lowest BCUT2D eigenvalue weighted by Gasteiger charge is -2.22. The number of rotatable bonds is 8. The zero-order valence-corrected chi connectivity index (χ0v) is 16.4. The summed E-state index contributed by atoms with van der Waals surface area (Å²) >= 11 is 0. The van der Waals surface area contributed by atoms with Gasteiger partial charge in [0.25, 0.3) is 5.91 Å². The van der Waals surface area contributed by atoms with E-state index in [2.05, 4.69) is 0 Å². The molecule has 0 N–H and O–H groups in total. The number of nitriles is 1. The molecule has 2 aromatic carbocycles. The van der Waals surface area contributed by atoms with Gasteiger partial charge < -0.3 is 14.4 Å². The third-order valence-electron chi connectivity index (χ3n) is 4.14. The van der Waals surface area contributed by atoms with Gasteiger partial charge in [-0.15, -0.1) is 0 Å². The number of nitrogens with zero attached hydrogens (tertiary/aromatic N) is 2. The Morgan fingerprint density at radius 2 is 1.82 bits per heavy atom. The predicted molar refractivity (Wildman–Crippen MR) is 106 cm³/mol. The van der Waals surface area contributed by atoms with Crippen LogP contribution in [-0.4, -0.2) is 31.6 Å². The maximum absolute atomic E-state index is 12.6. The molecule has 1 amide bonds. The molecule has 0 atom stereocenters. The van der Waals surface area contributed by atoms with Crippen LogP contribution in [-0.2, 0) is 9.53 Å². The Bertz CT molecular complexity index is 869. The van der Waals surface area contributed by atoms with Crippen molar-refractivity contribution >= 4 is 17.6 Å². The molecular weight excluding hydrogens is 356 g/mol. The Morgan fingerprint density at radius 3 is 2.43 bits per heavy atom. The largest absolute Gasteiger partial charge is 0.494 e. The second kappa shape index (κ2) is 10.1. The molecule has 0 spiro atoms. The van der Waals surface area contributed by atoms with Gasteiger partial charge in [-0.05, 0) is 56.7 Å². The first-order valence-electron chi connectivity index (χ1n) is 9.10. The predicted octanol–water partition coefficient (Wildman–Crippen LogP) is 3.81. The first-order chi connectivity index (χ1) is 13.5. The molecule has 0 aliphatic rings. The molecule has 6 nitrogen and oxygen atoms in total. The molecule has 0 bridgehead atoms. The highest BCUT2D eigenvalue weighted by Gasteiger charge is 2.19. The maximum Gasteiger partial charge on any atom is 0.338 e. The molecule has 0 saturated carbocycles. The molecular formula is C22H24N2O4. The number of hydrogen-bond acceptors (Lipinski definition) is 5. The van der Waals surface area contributed by atoms with Crippen LogP contribution in [0.4, 0.5) is 5.69 Å². The van der Waals surface area contributed by atoms with Gasteiger partial charge in [0.15, 0.2) is 6.61 Å². The number of hydrogen-bond donors (Lipinski definition) is 0. The summed E-state index contributed by atoms with van der Waals surface area (Å²) in [5.74, 6) is -0.240. The molecule has 0 aromatic heterocycles. The Kier molecular flexibility index (Phi) is 7.58. The van der Waals surface area contributed by atoms with E-state index in [0.29, 0.717) is 23.6 Å². The van der Waals surface area contributed by atoms with Gasteiger partial charge in [-0.1, -0.05) is 17.7 Å². The number of anilines is 1. The lowest BCUT2D eigenvalue weighted by Crippen LogP contribution is -2.35. The number of amides is 1. The van der Waals surface area contributed by atoms with Gasteiger partial charge in [-0.3, -0.25) is 4.79 Å². The number of carbonyl (C=O) groups is 2. The standard InChI is InChI=1S/C22H24N2O4/c1-4-27-19-9-7-18(8-10-19)24(13-5-12-23)21(25)15-28-22(26)20-11-6-16(2)14-17(20)3/h6-11,14H,4-5,13,15H2,1-3H3. The monoisotopic (exact) mass is 380 g/mol. The lowest BCUT2D eigenvalue weighted by molar-refractivity contribution is -0.121. The van der Waals surface area contributed by atoms with Crippen molar-refractivity contribution in [3.05, 3.63) is 59.2 Å². The third-order valence-corrected chi connectivity index (χ3v) is 4.14. The fraction of sp³-hybridized carbons (Fsp3) is 0.318. The summed E-state index contributed by atoms with van der Waals surface area (Å²) in [6, 6.07) is 14.4. The summed E-state index contributed by atoms with van der Waals surface area (Å²) in [6.45, 7) is 6.01. The third kappa shape index (κ3) is 5.58. The Hall–Kier alpha value is -3.33. The maximum atomic E-state index is 12.6. The number of carbonyl (C=O) groups excluding carboxylic acids is 2. The summed E-state index contributed by atoms with van der Waals surface area (Å²) in [4.78, 5) is 26.4. The molecule has 0 radical (unpaired) electrons. The van der Waals surface area contributed by atoms with Gasteiger partial charge in [-0.2, -0.15) is 5.26 Å². The van der Waals surface area contributed by atoms with E-state index in [1.165, 1.54) is 4.90 Å². The van der Waals surface area contributed by atoms with Crippen LogP contribution in [0, 0.1) is 25.2 Å². The van der Waals surface area contributed by atoms with Gasteiger partial charge in [0.2, 0.25) is 0 Å². The van der Waals surface area contributed by atoms with E-state index in [1.54, 1.807) is 30.3 Å². The first-order valence-corrected chi connectivity index (χ1v) is 9.10. The molecule has 0 aliphatic carbocycles.